The quantitative estimate of drug-likeness (QED) is 0.904. The molecule has 0 fully saturated rings. The average molecular weight is 345 g/mol. The van der Waals surface area contributed by atoms with E-state index in [1.54, 1.807) is 18.3 Å². The first-order valence-corrected chi connectivity index (χ1v) is 7.10. The van der Waals surface area contributed by atoms with Crippen molar-refractivity contribution in [3.05, 3.63) is 52.8 Å². The molecule has 1 aliphatic rings. The van der Waals surface area contributed by atoms with Crippen molar-refractivity contribution >= 4 is 11.6 Å². The third-order valence-electron chi connectivity index (χ3n) is 3.60. The molecule has 1 aliphatic heterocycles. The summed E-state index contributed by atoms with van der Waals surface area (Å²) in [5.41, 5.74) is 6.41. The van der Waals surface area contributed by atoms with Gasteiger partial charge in [0.2, 0.25) is 0 Å². The summed E-state index contributed by atoms with van der Waals surface area (Å²) >= 11 is 6.15. The van der Waals surface area contributed by atoms with E-state index in [1.165, 1.54) is 12.1 Å². The van der Waals surface area contributed by atoms with Gasteiger partial charge in [-0.25, -0.2) is 0 Å². The lowest BCUT2D eigenvalue weighted by molar-refractivity contribution is -0.274. The summed E-state index contributed by atoms with van der Waals surface area (Å²) in [4.78, 5) is 4.25. The summed E-state index contributed by atoms with van der Waals surface area (Å²) in [7, 11) is 0. The molecule has 0 saturated heterocycles. The van der Waals surface area contributed by atoms with Crippen LogP contribution in [0.4, 0.5) is 13.2 Å². The Labute approximate surface area is 135 Å². The van der Waals surface area contributed by atoms with Gasteiger partial charge in [-0.3, -0.25) is 4.98 Å². The Morgan fingerprint density at radius 1 is 1.30 bits per heavy atom. The molecule has 122 valence electrons. The highest BCUT2D eigenvalue weighted by Crippen LogP contribution is 2.42. The number of ether oxygens (including phenoxy) is 2. The highest BCUT2D eigenvalue weighted by atomic mass is 35.5. The molecule has 2 heterocycles. The number of hydrogen-bond donors (Lipinski definition) is 1. The van der Waals surface area contributed by atoms with Crippen LogP contribution in [0.1, 0.15) is 17.7 Å². The van der Waals surface area contributed by atoms with Crippen molar-refractivity contribution in [3.63, 3.8) is 0 Å². The maximum Gasteiger partial charge on any atom is 0.573 e. The van der Waals surface area contributed by atoms with Gasteiger partial charge in [-0.05, 0) is 29.8 Å². The van der Waals surface area contributed by atoms with Gasteiger partial charge in [-0.1, -0.05) is 17.7 Å². The number of aromatic nitrogens is 1. The maximum absolute atomic E-state index is 12.3. The largest absolute Gasteiger partial charge is 0.573 e. The van der Waals surface area contributed by atoms with E-state index in [-0.39, 0.29) is 5.02 Å². The minimum atomic E-state index is -4.78. The van der Waals surface area contributed by atoms with Gasteiger partial charge in [-0.2, -0.15) is 0 Å². The Kier molecular flexibility index (Phi) is 3.85. The molecule has 0 bridgehead atoms. The molecular formula is C15H12ClF3N2O2. The van der Waals surface area contributed by atoms with Crippen molar-refractivity contribution in [2.24, 2.45) is 5.73 Å². The average Bonchev–Trinajstić information content (AvgIpc) is 2.46. The van der Waals surface area contributed by atoms with Crippen LogP contribution in [-0.2, 0) is 5.54 Å². The van der Waals surface area contributed by atoms with Crippen molar-refractivity contribution in [3.8, 4) is 11.5 Å². The van der Waals surface area contributed by atoms with Crippen LogP contribution < -0.4 is 15.2 Å². The van der Waals surface area contributed by atoms with Crippen molar-refractivity contribution in [2.45, 2.75) is 18.3 Å². The van der Waals surface area contributed by atoms with Crippen molar-refractivity contribution in [1.82, 2.24) is 4.98 Å². The van der Waals surface area contributed by atoms with Crippen LogP contribution >= 0.6 is 11.6 Å². The fourth-order valence-electron chi connectivity index (χ4n) is 2.60. The summed E-state index contributed by atoms with van der Waals surface area (Å²) in [5.74, 6) is 0.135. The Morgan fingerprint density at radius 3 is 2.78 bits per heavy atom. The van der Waals surface area contributed by atoms with E-state index < -0.39 is 17.7 Å². The Bertz CT molecular complexity index is 739. The van der Waals surface area contributed by atoms with Gasteiger partial charge in [0.15, 0.2) is 0 Å². The smallest absolute Gasteiger partial charge is 0.491 e. The molecule has 1 aromatic carbocycles. The molecule has 8 heteroatoms. The Morgan fingerprint density at radius 2 is 2.09 bits per heavy atom. The van der Waals surface area contributed by atoms with E-state index in [4.69, 9.17) is 22.1 Å². The highest BCUT2D eigenvalue weighted by Gasteiger charge is 2.39. The van der Waals surface area contributed by atoms with E-state index in [2.05, 4.69) is 9.72 Å². The lowest BCUT2D eigenvalue weighted by atomic mass is 9.82. The van der Waals surface area contributed by atoms with Gasteiger partial charge in [0.05, 0.1) is 12.1 Å². The zero-order valence-electron chi connectivity index (χ0n) is 11.7. The molecule has 4 nitrogen and oxygen atoms in total. The third-order valence-corrected chi connectivity index (χ3v) is 3.91. The van der Waals surface area contributed by atoms with Crippen LogP contribution in [0, 0.1) is 0 Å². The maximum atomic E-state index is 12.3. The number of hydrogen-bond acceptors (Lipinski definition) is 4. The fourth-order valence-corrected chi connectivity index (χ4v) is 2.94. The zero-order valence-corrected chi connectivity index (χ0v) is 12.5. The van der Waals surface area contributed by atoms with Gasteiger partial charge in [0.1, 0.15) is 17.2 Å². The highest BCUT2D eigenvalue weighted by molar-refractivity contribution is 6.31. The molecule has 1 unspecified atom stereocenters. The van der Waals surface area contributed by atoms with E-state index in [0.29, 0.717) is 30.0 Å². The number of pyridine rings is 1. The molecule has 0 aliphatic carbocycles. The van der Waals surface area contributed by atoms with Gasteiger partial charge >= 0.3 is 6.36 Å². The van der Waals surface area contributed by atoms with Crippen LogP contribution in [-0.4, -0.2) is 18.0 Å². The topological polar surface area (TPSA) is 57.4 Å². The second kappa shape index (κ2) is 5.58. The number of fused-ring (bicyclic) bond motifs is 1. The molecule has 0 radical (unpaired) electrons. The van der Waals surface area contributed by atoms with Crippen LogP contribution in [0.3, 0.4) is 0 Å². The molecule has 2 aromatic rings. The second-order valence-corrected chi connectivity index (χ2v) is 5.52. The van der Waals surface area contributed by atoms with Gasteiger partial charge in [0.25, 0.3) is 0 Å². The van der Waals surface area contributed by atoms with Crippen LogP contribution in [0.25, 0.3) is 0 Å². The summed E-state index contributed by atoms with van der Waals surface area (Å²) < 4.78 is 46.2. The van der Waals surface area contributed by atoms with Crippen LogP contribution in [0.5, 0.6) is 11.5 Å². The Balaban J connectivity index is 2.02. The van der Waals surface area contributed by atoms with E-state index in [1.807, 2.05) is 0 Å². The predicted octanol–water partition coefficient (Wildman–Crippen LogP) is 3.62. The number of rotatable bonds is 2. The molecule has 2 N–H and O–H groups in total. The minimum Gasteiger partial charge on any atom is -0.491 e. The first-order chi connectivity index (χ1) is 10.8. The molecule has 3 rings (SSSR count). The molecule has 0 saturated carbocycles. The SMILES string of the molecule is NC1(c2ccc(OC(F)(F)F)cc2Cl)CCOc2cccnc21. The van der Waals surface area contributed by atoms with E-state index in [9.17, 15) is 13.2 Å². The molecular weight excluding hydrogens is 333 g/mol. The second-order valence-electron chi connectivity index (χ2n) is 5.11. The summed E-state index contributed by atoms with van der Waals surface area (Å²) in [6.07, 6.45) is -2.81. The number of nitrogens with two attached hydrogens (primary N) is 1. The monoisotopic (exact) mass is 344 g/mol. The van der Waals surface area contributed by atoms with Crippen LogP contribution in [0.2, 0.25) is 5.02 Å². The fraction of sp³-hybridized carbons (Fsp3) is 0.267. The number of alkyl halides is 3. The summed E-state index contributed by atoms with van der Waals surface area (Å²) in [5, 5.41) is 0.0766. The lowest BCUT2D eigenvalue weighted by Gasteiger charge is -2.35. The van der Waals surface area contributed by atoms with E-state index >= 15 is 0 Å². The van der Waals surface area contributed by atoms with Crippen LogP contribution in [0.15, 0.2) is 36.5 Å². The minimum absolute atomic E-state index is 0.0766. The Hall–Kier alpha value is -1.99. The summed E-state index contributed by atoms with van der Waals surface area (Å²) in [6, 6.07) is 7.15. The van der Waals surface area contributed by atoms with Crippen molar-refractivity contribution in [2.75, 3.05) is 6.61 Å². The molecule has 0 spiro atoms. The normalized spacial score (nSPS) is 20.6. The number of halogens is 4. The van der Waals surface area contributed by atoms with Gasteiger partial charge in [0, 0.05) is 17.6 Å². The third kappa shape index (κ3) is 3.07. The van der Waals surface area contributed by atoms with Crippen molar-refractivity contribution < 1.29 is 22.6 Å². The molecule has 23 heavy (non-hydrogen) atoms. The zero-order chi connectivity index (χ0) is 16.7. The first kappa shape index (κ1) is 15.9. The molecule has 1 atom stereocenters. The van der Waals surface area contributed by atoms with Gasteiger partial charge in [-0.15, -0.1) is 13.2 Å². The first-order valence-electron chi connectivity index (χ1n) is 6.72. The standard InChI is InChI=1S/C15H12ClF3N2O2/c16-11-8-9(23-15(17,18)19)3-4-10(11)14(20)5-7-22-12-2-1-6-21-13(12)14/h1-4,6,8H,5,7,20H2. The van der Waals surface area contributed by atoms with E-state index in [0.717, 1.165) is 6.07 Å². The van der Waals surface area contributed by atoms with Gasteiger partial charge < -0.3 is 15.2 Å². The summed E-state index contributed by atoms with van der Waals surface area (Å²) in [6.45, 7) is 0.353. The number of nitrogens with zero attached hydrogens (tertiary/aromatic N) is 1. The molecule has 1 aromatic heterocycles. The molecule has 0 amide bonds. The lowest BCUT2D eigenvalue weighted by Crippen LogP contribution is -2.43. The van der Waals surface area contributed by atoms with Crippen molar-refractivity contribution in [1.29, 1.82) is 0 Å². The number of benzene rings is 1. The predicted molar refractivity (Wildman–Crippen MR) is 77.5 cm³/mol.